The first-order valence-corrected chi connectivity index (χ1v) is 7.49. The average molecular weight is 292 g/mol. The zero-order valence-corrected chi connectivity index (χ0v) is 12.8. The van der Waals surface area contributed by atoms with E-state index in [0.717, 1.165) is 29.2 Å². The molecule has 2 rings (SSSR count). The highest BCUT2D eigenvalue weighted by molar-refractivity contribution is 7.09. The van der Waals surface area contributed by atoms with Crippen molar-refractivity contribution < 1.29 is 9.84 Å². The lowest BCUT2D eigenvalue weighted by Gasteiger charge is -2.15. The van der Waals surface area contributed by atoms with E-state index in [1.165, 1.54) is 0 Å². The molecule has 0 spiro atoms. The van der Waals surface area contributed by atoms with Crippen LogP contribution in [0.1, 0.15) is 29.2 Å². The Bertz CT molecular complexity index is 569. The van der Waals surface area contributed by atoms with Crippen LogP contribution in [0.2, 0.25) is 0 Å². The number of hydrogen-bond acceptors (Lipinski definition) is 5. The predicted octanol–water partition coefficient (Wildman–Crippen LogP) is 3.06. The molecule has 1 unspecified atom stereocenters. The molecular formula is C15H20N2O2S. The first-order chi connectivity index (χ1) is 9.60. The number of phenolic OH excluding ortho intramolecular Hbond substituents is 1. The van der Waals surface area contributed by atoms with Gasteiger partial charge in [0.1, 0.15) is 0 Å². The van der Waals surface area contributed by atoms with Gasteiger partial charge in [-0.05, 0) is 31.5 Å². The van der Waals surface area contributed by atoms with E-state index < -0.39 is 0 Å². The van der Waals surface area contributed by atoms with Crippen molar-refractivity contribution in [2.75, 3.05) is 13.7 Å². The summed E-state index contributed by atoms with van der Waals surface area (Å²) in [6, 6.07) is 5.63. The van der Waals surface area contributed by atoms with E-state index in [9.17, 15) is 5.11 Å². The topological polar surface area (TPSA) is 54.4 Å². The van der Waals surface area contributed by atoms with Gasteiger partial charge in [0.2, 0.25) is 0 Å². The highest BCUT2D eigenvalue weighted by atomic mass is 32.1. The molecule has 108 valence electrons. The molecule has 0 bridgehead atoms. The van der Waals surface area contributed by atoms with E-state index in [1.807, 2.05) is 19.1 Å². The summed E-state index contributed by atoms with van der Waals surface area (Å²) < 4.78 is 5.13. The first-order valence-electron chi connectivity index (χ1n) is 6.61. The van der Waals surface area contributed by atoms with Crippen LogP contribution in [0.25, 0.3) is 0 Å². The third kappa shape index (κ3) is 3.71. The Morgan fingerprint density at radius 1 is 1.45 bits per heavy atom. The van der Waals surface area contributed by atoms with Crippen LogP contribution in [0.3, 0.4) is 0 Å². The molecule has 5 heteroatoms. The molecule has 0 fully saturated rings. The third-order valence-electron chi connectivity index (χ3n) is 3.16. The van der Waals surface area contributed by atoms with Crippen molar-refractivity contribution in [1.82, 2.24) is 10.3 Å². The van der Waals surface area contributed by atoms with E-state index in [-0.39, 0.29) is 11.8 Å². The van der Waals surface area contributed by atoms with Gasteiger partial charge in [0.15, 0.2) is 11.5 Å². The smallest absolute Gasteiger partial charge is 0.160 e. The van der Waals surface area contributed by atoms with E-state index in [2.05, 4.69) is 22.6 Å². The maximum atomic E-state index is 9.59. The lowest BCUT2D eigenvalue weighted by atomic mass is 10.1. The maximum Gasteiger partial charge on any atom is 0.160 e. The van der Waals surface area contributed by atoms with E-state index in [4.69, 9.17) is 4.74 Å². The Balaban J connectivity index is 1.89. The second-order valence-electron chi connectivity index (χ2n) is 4.74. The van der Waals surface area contributed by atoms with Crippen LogP contribution in [0.5, 0.6) is 11.5 Å². The molecule has 0 saturated heterocycles. The van der Waals surface area contributed by atoms with Crippen LogP contribution < -0.4 is 10.1 Å². The Hall–Kier alpha value is -1.59. The second-order valence-corrected chi connectivity index (χ2v) is 5.68. The van der Waals surface area contributed by atoms with E-state index in [1.54, 1.807) is 24.5 Å². The van der Waals surface area contributed by atoms with Crippen LogP contribution in [0, 0.1) is 6.92 Å². The monoisotopic (exact) mass is 292 g/mol. The van der Waals surface area contributed by atoms with Crippen LogP contribution >= 0.6 is 11.3 Å². The van der Waals surface area contributed by atoms with Crippen LogP contribution in [-0.2, 0) is 6.42 Å². The average Bonchev–Trinajstić information content (AvgIpc) is 2.85. The zero-order valence-electron chi connectivity index (χ0n) is 12.0. The summed E-state index contributed by atoms with van der Waals surface area (Å²) in [4.78, 5) is 4.44. The molecule has 1 atom stereocenters. The predicted molar refractivity (Wildman–Crippen MR) is 81.6 cm³/mol. The Kier molecular flexibility index (Phi) is 4.98. The number of nitrogens with zero attached hydrogens (tertiary/aromatic N) is 1. The molecule has 0 aliphatic rings. The van der Waals surface area contributed by atoms with Gasteiger partial charge in [-0.1, -0.05) is 6.07 Å². The van der Waals surface area contributed by atoms with Gasteiger partial charge in [-0.2, -0.15) is 0 Å². The minimum Gasteiger partial charge on any atom is -0.504 e. The number of aromatic hydroxyl groups is 1. The Labute approximate surface area is 123 Å². The SMILES string of the molecule is COc1cc(C(C)NCCc2nc(C)cs2)ccc1O. The molecule has 1 aromatic carbocycles. The molecule has 0 radical (unpaired) electrons. The number of phenols is 1. The van der Waals surface area contributed by atoms with Gasteiger partial charge in [0.25, 0.3) is 0 Å². The van der Waals surface area contributed by atoms with Crippen LogP contribution in [0.4, 0.5) is 0 Å². The second kappa shape index (κ2) is 6.72. The molecule has 0 saturated carbocycles. The lowest BCUT2D eigenvalue weighted by molar-refractivity contribution is 0.372. The molecular weight excluding hydrogens is 272 g/mol. The molecule has 4 nitrogen and oxygen atoms in total. The number of nitrogens with one attached hydrogen (secondary N) is 1. The lowest BCUT2D eigenvalue weighted by Crippen LogP contribution is -2.21. The first kappa shape index (κ1) is 14.8. The summed E-state index contributed by atoms with van der Waals surface area (Å²) >= 11 is 1.70. The molecule has 20 heavy (non-hydrogen) atoms. The molecule has 0 aliphatic heterocycles. The quantitative estimate of drug-likeness (QED) is 0.859. The highest BCUT2D eigenvalue weighted by Crippen LogP contribution is 2.28. The molecule has 2 aromatic rings. The van der Waals surface area contributed by atoms with E-state index in [0.29, 0.717) is 5.75 Å². The minimum absolute atomic E-state index is 0.168. The number of ether oxygens (including phenoxy) is 1. The van der Waals surface area contributed by atoms with Crippen molar-refractivity contribution in [2.45, 2.75) is 26.3 Å². The number of benzene rings is 1. The summed E-state index contributed by atoms with van der Waals surface area (Å²) in [5.41, 5.74) is 2.18. The summed E-state index contributed by atoms with van der Waals surface area (Å²) in [7, 11) is 1.56. The fraction of sp³-hybridized carbons (Fsp3) is 0.400. The molecule has 0 amide bonds. The van der Waals surface area contributed by atoms with Crippen molar-refractivity contribution in [3.05, 3.63) is 39.8 Å². The molecule has 1 aromatic heterocycles. The summed E-state index contributed by atoms with van der Waals surface area (Å²) in [5, 5.41) is 16.3. The van der Waals surface area contributed by atoms with Crippen LogP contribution in [0.15, 0.2) is 23.6 Å². The fourth-order valence-electron chi connectivity index (χ4n) is 1.99. The summed E-state index contributed by atoms with van der Waals surface area (Å²) in [6.07, 6.45) is 0.929. The van der Waals surface area contributed by atoms with E-state index >= 15 is 0 Å². The number of rotatable bonds is 6. The minimum atomic E-state index is 0.168. The van der Waals surface area contributed by atoms with Crippen molar-refractivity contribution >= 4 is 11.3 Å². The number of methoxy groups -OCH3 is 1. The molecule has 2 N–H and O–H groups in total. The van der Waals surface area contributed by atoms with Gasteiger partial charge in [0, 0.05) is 30.1 Å². The van der Waals surface area contributed by atoms with Crippen molar-refractivity contribution in [2.24, 2.45) is 0 Å². The Morgan fingerprint density at radius 3 is 2.90 bits per heavy atom. The molecule has 1 heterocycles. The van der Waals surface area contributed by atoms with Gasteiger partial charge in [0.05, 0.1) is 12.1 Å². The number of aromatic nitrogens is 1. The van der Waals surface area contributed by atoms with Crippen LogP contribution in [-0.4, -0.2) is 23.7 Å². The zero-order chi connectivity index (χ0) is 14.5. The van der Waals surface area contributed by atoms with Gasteiger partial charge < -0.3 is 15.2 Å². The molecule has 0 aliphatic carbocycles. The summed E-state index contributed by atoms with van der Waals surface area (Å²) in [6.45, 7) is 4.98. The van der Waals surface area contributed by atoms with Gasteiger partial charge in [-0.3, -0.25) is 0 Å². The largest absolute Gasteiger partial charge is 0.504 e. The fourth-order valence-corrected chi connectivity index (χ4v) is 2.77. The van der Waals surface area contributed by atoms with Gasteiger partial charge in [-0.15, -0.1) is 11.3 Å². The Morgan fingerprint density at radius 2 is 2.25 bits per heavy atom. The van der Waals surface area contributed by atoms with Gasteiger partial charge >= 0.3 is 0 Å². The number of thiazole rings is 1. The number of aryl methyl sites for hydroxylation is 1. The normalized spacial score (nSPS) is 12.3. The maximum absolute atomic E-state index is 9.59. The van der Waals surface area contributed by atoms with Gasteiger partial charge in [-0.25, -0.2) is 4.98 Å². The standard InChI is InChI=1S/C15H20N2O2S/c1-10-9-20-15(17-10)6-7-16-11(2)12-4-5-13(18)14(8-12)19-3/h4-5,8-9,11,16,18H,6-7H2,1-3H3. The highest BCUT2D eigenvalue weighted by Gasteiger charge is 2.09. The summed E-state index contributed by atoms with van der Waals surface area (Å²) in [5.74, 6) is 0.674. The van der Waals surface area contributed by atoms with Crippen molar-refractivity contribution in [1.29, 1.82) is 0 Å². The third-order valence-corrected chi connectivity index (χ3v) is 4.19. The van der Waals surface area contributed by atoms with Crippen molar-refractivity contribution in [3.8, 4) is 11.5 Å². The number of hydrogen-bond donors (Lipinski definition) is 2. The van der Waals surface area contributed by atoms with Crippen molar-refractivity contribution in [3.63, 3.8) is 0 Å².